The van der Waals surface area contributed by atoms with Gasteiger partial charge in [-0.1, -0.05) is 75.6 Å². The van der Waals surface area contributed by atoms with Gasteiger partial charge in [0.1, 0.15) is 18.0 Å². The van der Waals surface area contributed by atoms with Crippen LogP contribution in [0.15, 0.2) is 36.9 Å². The number of epoxide rings is 1. The van der Waals surface area contributed by atoms with E-state index in [0.29, 0.717) is 6.61 Å². The Hall–Kier alpha value is -1.28. The fourth-order valence-corrected chi connectivity index (χ4v) is 3.31. The van der Waals surface area contributed by atoms with Crippen LogP contribution in [0.25, 0.3) is 0 Å². The largest absolute Gasteiger partial charge is 0.490 e. The van der Waals surface area contributed by atoms with Gasteiger partial charge in [0.2, 0.25) is 0 Å². The van der Waals surface area contributed by atoms with Crippen LogP contribution in [0.1, 0.15) is 83.1 Å². The van der Waals surface area contributed by atoms with E-state index in [2.05, 4.69) is 37.8 Å². The van der Waals surface area contributed by atoms with Gasteiger partial charge >= 0.3 is 0 Å². The maximum Gasteiger partial charge on any atom is 0.123 e. The predicted molar refractivity (Wildman–Crippen MR) is 111 cm³/mol. The Kier molecular flexibility index (Phi) is 9.84. The summed E-state index contributed by atoms with van der Waals surface area (Å²) < 4.78 is 11.4. The molecule has 0 spiro atoms. The molecule has 2 nitrogen and oxygen atoms in total. The number of ether oxygens (including phenoxy) is 2. The predicted octanol–water partition coefficient (Wildman–Crippen LogP) is 6.87. The van der Waals surface area contributed by atoms with Crippen molar-refractivity contribution < 1.29 is 9.47 Å². The Labute approximate surface area is 161 Å². The summed E-state index contributed by atoms with van der Waals surface area (Å²) in [5, 5.41) is 0. The zero-order valence-electron chi connectivity index (χ0n) is 16.8. The van der Waals surface area contributed by atoms with E-state index >= 15 is 0 Å². The van der Waals surface area contributed by atoms with Crippen LogP contribution in [-0.4, -0.2) is 18.8 Å². The standard InChI is InChI=1S/C24H38O2/c1-3-4-5-6-7-8-9-10-11-12-13-14-17-22-18-15-16-19-23(22)25-20-24(2)21-26-24/h3,15-16,18-19H,1,4-14,17,20-21H2,2H3. The van der Waals surface area contributed by atoms with Crippen LogP contribution in [0.4, 0.5) is 0 Å². The smallest absolute Gasteiger partial charge is 0.123 e. The lowest BCUT2D eigenvalue weighted by Crippen LogP contribution is -2.17. The van der Waals surface area contributed by atoms with Crippen LogP contribution < -0.4 is 4.74 Å². The molecule has 0 aliphatic carbocycles. The van der Waals surface area contributed by atoms with Gasteiger partial charge in [-0.15, -0.1) is 6.58 Å². The molecule has 1 aliphatic rings. The maximum atomic E-state index is 5.99. The van der Waals surface area contributed by atoms with Gasteiger partial charge in [0.25, 0.3) is 0 Å². The second kappa shape index (κ2) is 12.2. The number of hydrogen-bond acceptors (Lipinski definition) is 2. The normalized spacial score (nSPS) is 18.7. The molecule has 1 atom stereocenters. The van der Waals surface area contributed by atoms with Crippen LogP contribution >= 0.6 is 0 Å². The summed E-state index contributed by atoms with van der Waals surface area (Å²) in [7, 11) is 0. The Bertz CT molecular complexity index is 505. The van der Waals surface area contributed by atoms with Gasteiger partial charge in [-0.2, -0.15) is 0 Å². The molecule has 1 aromatic carbocycles. The van der Waals surface area contributed by atoms with Crippen LogP contribution in [0.5, 0.6) is 5.75 Å². The minimum atomic E-state index is -0.0429. The summed E-state index contributed by atoms with van der Waals surface area (Å²) in [5.41, 5.74) is 1.30. The Morgan fingerprint density at radius 2 is 1.54 bits per heavy atom. The van der Waals surface area contributed by atoms with Gasteiger partial charge < -0.3 is 9.47 Å². The van der Waals surface area contributed by atoms with E-state index in [1.807, 2.05) is 6.08 Å². The molecule has 0 saturated carbocycles. The summed E-state index contributed by atoms with van der Waals surface area (Å²) in [6.07, 6.45) is 18.0. The van der Waals surface area contributed by atoms with Crippen LogP contribution in [0, 0.1) is 0 Å². The molecule has 1 aromatic rings. The molecule has 26 heavy (non-hydrogen) atoms. The number of rotatable bonds is 16. The van der Waals surface area contributed by atoms with Crippen LogP contribution in [0.3, 0.4) is 0 Å². The number of unbranched alkanes of at least 4 members (excludes halogenated alkanes) is 10. The monoisotopic (exact) mass is 358 g/mol. The van der Waals surface area contributed by atoms with Crippen molar-refractivity contribution in [3.63, 3.8) is 0 Å². The highest BCUT2D eigenvalue weighted by atomic mass is 16.6. The third kappa shape index (κ3) is 8.89. The second-order valence-corrected chi connectivity index (χ2v) is 8.00. The molecular weight excluding hydrogens is 320 g/mol. The highest BCUT2D eigenvalue weighted by Gasteiger charge is 2.40. The van der Waals surface area contributed by atoms with Crippen molar-refractivity contribution in [3.05, 3.63) is 42.5 Å². The highest BCUT2D eigenvalue weighted by molar-refractivity contribution is 5.33. The average Bonchev–Trinajstić information content (AvgIpc) is 3.39. The van der Waals surface area contributed by atoms with Crippen LogP contribution in [0.2, 0.25) is 0 Å². The molecule has 1 aliphatic heterocycles. The first-order valence-corrected chi connectivity index (χ1v) is 10.7. The van der Waals surface area contributed by atoms with Crippen molar-refractivity contribution in [1.82, 2.24) is 0 Å². The molecule has 146 valence electrons. The molecule has 0 bridgehead atoms. The summed E-state index contributed by atoms with van der Waals surface area (Å²) >= 11 is 0. The van der Waals surface area contributed by atoms with Gasteiger partial charge in [-0.3, -0.25) is 0 Å². The molecule has 0 N–H and O–H groups in total. The molecule has 2 rings (SSSR count). The van der Waals surface area contributed by atoms with E-state index in [1.54, 1.807) is 0 Å². The Morgan fingerprint density at radius 1 is 0.962 bits per heavy atom. The number of hydrogen-bond donors (Lipinski definition) is 0. The third-order valence-electron chi connectivity index (χ3n) is 5.25. The topological polar surface area (TPSA) is 21.8 Å². The number of benzene rings is 1. The Balaban J connectivity index is 1.47. The second-order valence-electron chi connectivity index (χ2n) is 8.00. The summed E-state index contributed by atoms with van der Waals surface area (Å²) in [4.78, 5) is 0. The fraction of sp³-hybridized carbons (Fsp3) is 0.667. The SMILES string of the molecule is C=CCCCCCCCCCCCCc1ccccc1OCC1(C)CO1. The average molecular weight is 359 g/mol. The minimum absolute atomic E-state index is 0.0429. The van der Waals surface area contributed by atoms with Gasteiger partial charge in [-0.05, 0) is 44.2 Å². The molecule has 1 unspecified atom stereocenters. The Morgan fingerprint density at radius 3 is 2.15 bits per heavy atom. The van der Waals surface area contributed by atoms with Gasteiger partial charge in [0.15, 0.2) is 0 Å². The van der Waals surface area contributed by atoms with Gasteiger partial charge in [-0.25, -0.2) is 0 Å². The van der Waals surface area contributed by atoms with Crippen molar-refractivity contribution >= 4 is 0 Å². The molecule has 0 radical (unpaired) electrons. The zero-order chi connectivity index (χ0) is 18.5. The fourth-order valence-electron chi connectivity index (χ4n) is 3.31. The zero-order valence-corrected chi connectivity index (χ0v) is 16.8. The van der Waals surface area contributed by atoms with Crippen LogP contribution in [-0.2, 0) is 11.2 Å². The molecule has 0 amide bonds. The van der Waals surface area contributed by atoms with Crippen molar-refractivity contribution in [1.29, 1.82) is 0 Å². The van der Waals surface area contributed by atoms with Crippen molar-refractivity contribution in [3.8, 4) is 5.75 Å². The maximum absolute atomic E-state index is 5.99. The quantitative estimate of drug-likeness (QED) is 0.183. The molecule has 2 heteroatoms. The molecule has 1 heterocycles. The lowest BCUT2D eigenvalue weighted by molar-refractivity contribution is 0.201. The van der Waals surface area contributed by atoms with Crippen molar-refractivity contribution in [2.45, 2.75) is 89.6 Å². The highest BCUT2D eigenvalue weighted by Crippen LogP contribution is 2.28. The number of aryl methyl sites for hydroxylation is 1. The number of para-hydroxylation sites is 1. The molecule has 0 aromatic heterocycles. The van der Waals surface area contributed by atoms with E-state index in [0.717, 1.165) is 18.8 Å². The lowest BCUT2D eigenvalue weighted by Gasteiger charge is -2.13. The van der Waals surface area contributed by atoms with E-state index in [-0.39, 0.29) is 5.60 Å². The summed E-state index contributed by atoms with van der Waals surface area (Å²) in [6, 6.07) is 8.48. The number of allylic oxidation sites excluding steroid dienone is 1. The third-order valence-corrected chi connectivity index (χ3v) is 5.25. The lowest BCUT2D eigenvalue weighted by atomic mass is 10.0. The van der Waals surface area contributed by atoms with Crippen molar-refractivity contribution in [2.24, 2.45) is 0 Å². The first-order valence-electron chi connectivity index (χ1n) is 10.7. The van der Waals surface area contributed by atoms with E-state index in [4.69, 9.17) is 9.47 Å². The van der Waals surface area contributed by atoms with E-state index < -0.39 is 0 Å². The molecular formula is C24H38O2. The van der Waals surface area contributed by atoms with E-state index in [1.165, 1.54) is 76.2 Å². The van der Waals surface area contributed by atoms with E-state index in [9.17, 15) is 0 Å². The van der Waals surface area contributed by atoms with Crippen molar-refractivity contribution in [2.75, 3.05) is 13.2 Å². The van der Waals surface area contributed by atoms with Gasteiger partial charge in [0.05, 0.1) is 6.61 Å². The summed E-state index contributed by atoms with van der Waals surface area (Å²) in [5.74, 6) is 1.04. The summed E-state index contributed by atoms with van der Waals surface area (Å²) in [6.45, 7) is 7.37. The molecule has 1 saturated heterocycles. The molecule has 1 fully saturated rings. The first kappa shape index (κ1) is 21.0. The van der Waals surface area contributed by atoms with Gasteiger partial charge in [0, 0.05) is 0 Å². The first-order chi connectivity index (χ1) is 12.7. The minimum Gasteiger partial charge on any atom is -0.490 e.